The van der Waals surface area contributed by atoms with E-state index in [1.807, 2.05) is 0 Å². The molecule has 1 amide bonds. The lowest BCUT2D eigenvalue weighted by molar-refractivity contribution is -0.125. The predicted octanol–water partition coefficient (Wildman–Crippen LogP) is 0.329. The van der Waals surface area contributed by atoms with Crippen LogP contribution >= 0.6 is 0 Å². The highest BCUT2D eigenvalue weighted by molar-refractivity contribution is 5.90. The third-order valence-corrected chi connectivity index (χ3v) is 1.89. The number of likely N-dealkylation sites (N-methyl/N-ethyl adjacent to an activating group) is 1. The fraction of sp³-hybridized carbons (Fsp3) is 0.600. The summed E-state index contributed by atoms with van der Waals surface area (Å²) in [5.41, 5.74) is 5.34. The second-order valence-corrected chi connectivity index (χ2v) is 3.10. The van der Waals surface area contributed by atoms with E-state index < -0.39 is 0 Å². The SMILES string of the molecule is CN(CCCCCN)C(=O)/C=C\C=O. The summed E-state index contributed by atoms with van der Waals surface area (Å²) in [5, 5.41) is 0. The maximum Gasteiger partial charge on any atom is 0.246 e. The van der Waals surface area contributed by atoms with Crippen LogP contribution in [0.5, 0.6) is 0 Å². The Morgan fingerprint density at radius 1 is 1.36 bits per heavy atom. The van der Waals surface area contributed by atoms with Gasteiger partial charge < -0.3 is 10.6 Å². The van der Waals surface area contributed by atoms with Crippen molar-refractivity contribution in [2.24, 2.45) is 5.73 Å². The topological polar surface area (TPSA) is 63.4 Å². The maximum atomic E-state index is 11.2. The van der Waals surface area contributed by atoms with Crippen LogP contribution in [0.25, 0.3) is 0 Å². The zero-order chi connectivity index (χ0) is 10.8. The van der Waals surface area contributed by atoms with Crippen LogP contribution < -0.4 is 5.73 Å². The molecule has 4 heteroatoms. The molecule has 0 aromatic carbocycles. The van der Waals surface area contributed by atoms with Crippen molar-refractivity contribution < 1.29 is 9.59 Å². The molecule has 80 valence electrons. The molecule has 0 spiro atoms. The van der Waals surface area contributed by atoms with E-state index in [9.17, 15) is 9.59 Å². The lowest BCUT2D eigenvalue weighted by atomic mass is 10.2. The van der Waals surface area contributed by atoms with Crippen molar-refractivity contribution in [3.8, 4) is 0 Å². The van der Waals surface area contributed by atoms with Crippen molar-refractivity contribution in [3.05, 3.63) is 12.2 Å². The third-order valence-electron chi connectivity index (χ3n) is 1.89. The van der Waals surface area contributed by atoms with E-state index in [0.717, 1.165) is 19.3 Å². The Morgan fingerprint density at radius 3 is 2.64 bits per heavy atom. The lowest BCUT2D eigenvalue weighted by Gasteiger charge is -2.14. The molecular formula is C10H18N2O2. The number of carbonyl (C=O) groups excluding carboxylic acids is 2. The van der Waals surface area contributed by atoms with Gasteiger partial charge in [-0.25, -0.2) is 0 Å². The molecule has 0 saturated carbocycles. The first-order valence-corrected chi connectivity index (χ1v) is 4.79. The number of hydrogen-bond acceptors (Lipinski definition) is 3. The number of hydrogen-bond donors (Lipinski definition) is 1. The summed E-state index contributed by atoms with van der Waals surface area (Å²) in [4.78, 5) is 22.8. The molecule has 0 atom stereocenters. The fourth-order valence-corrected chi connectivity index (χ4v) is 1.03. The van der Waals surface area contributed by atoms with Crippen LogP contribution in [0.4, 0.5) is 0 Å². The van der Waals surface area contributed by atoms with Gasteiger partial charge in [0.1, 0.15) is 6.29 Å². The number of nitrogens with two attached hydrogens (primary N) is 1. The standard InChI is InChI=1S/C10H18N2O2/c1-12(8-4-2-3-7-11)10(14)6-5-9-13/h5-6,9H,2-4,7-8,11H2,1H3/b6-5-. The predicted molar refractivity (Wildman–Crippen MR) is 55.7 cm³/mol. The van der Waals surface area contributed by atoms with E-state index in [2.05, 4.69) is 0 Å². The van der Waals surface area contributed by atoms with Crippen molar-refractivity contribution in [2.75, 3.05) is 20.1 Å². The first-order chi connectivity index (χ1) is 6.72. The van der Waals surface area contributed by atoms with E-state index >= 15 is 0 Å². The van der Waals surface area contributed by atoms with Gasteiger partial charge in [0, 0.05) is 19.7 Å². The summed E-state index contributed by atoms with van der Waals surface area (Å²) in [5.74, 6) is -0.134. The number of carbonyl (C=O) groups is 2. The molecule has 14 heavy (non-hydrogen) atoms. The van der Waals surface area contributed by atoms with Gasteiger partial charge in [-0.15, -0.1) is 0 Å². The minimum absolute atomic E-state index is 0.134. The molecule has 0 aromatic rings. The Hall–Kier alpha value is -1.16. The first kappa shape index (κ1) is 12.8. The van der Waals surface area contributed by atoms with Crippen LogP contribution in [0, 0.1) is 0 Å². The summed E-state index contributed by atoms with van der Waals surface area (Å²) < 4.78 is 0. The van der Waals surface area contributed by atoms with Gasteiger partial charge in [0.05, 0.1) is 0 Å². The van der Waals surface area contributed by atoms with Gasteiger partial charge in [0.2, 0.25) is 5.91 Å². The van der Waals surface area contributed by atoms with E-state index in [1.165, 1.54) is 12.2 Å². The molecule has 0 aliphatic rings. The molecule has 0 heterocycles. The molecule has 0 fully saturated rings. The van der Waals surface area contributed by atoms with Crippen molar-refractivity contribution in [1.82, 2.24) is 4.90 Å². The molecule has 0 bridgehead atoms. The summed E-state index contributed by atoms with van der Waals surface area (Å²) in [7, 11) is 1.72. The zero-order valence-electron chi connectivity index (χ0n) is 8.61. The number of rotatable bonds is 7. The largest absolute Gasteiger partial charge is 0.342 e. The molecule has 4 nitrogen and oxygen atoms in total. The van der Waals surface area contributed by atoms with Gasteiger partial charge in [-0.2, -0.15) is 0 Å². The zero-order valence-corrected chi connectivity index (χ0v) is 8.61. The second-order valence-electron chi connectivity index (χ2n) is 3.10. The highest BCUT2D eigenvalue weighted by Gasteiger charge is 2.02. The van der Waals surface area contributed by atoms with Crippen LogP contribution in [0.2, 0.25) is 0 Å². The maximum absolute atomic E-state index is 11.2. The van der Waals surface area contributed by atoms with Gasteiger partial charge in [-0.3, -0.25) is 9.59 Å². The summed E-state index contributed by atoms with van der Waals surface area (Å²) in [6.07, 6.45) is 6.06. The van der Waals surface area contributed by atoms with E-state index in [0.29, 0.717) is 19.4 Å². The van der Waals surface area contributed by atoms with E-state index in [1.54, 1.807) is 11.9 Å². The molecule has 2 N–H and O–H groups in total. The minimum Gasteiger partial charge on any atom is -0.342 e. The molecule has 0 aliphatic carbocycles. The second kappa shape index (κ2) is 8.44. The van der Waals surface area contributed by atoms with Crippen molar-refractivity contribution in [3.63, 3.8) is 0 Å². The van der Waals surface area contributed by atoms with Crippen LogP contribution in [0.15, 0.2) is 12.2 Å². The monoisotopic (exact) mass is 198 g/mol. The van der Waals surface area contributed by atoms with Crippen molar-refractivity contribution in [1.29, 1.82) is 0 Å². The Balaban J connectivity index is 3.61. The Labute approximate surface area is 84.8 Å². The quantitative estimate of drug-likeness (QED) is 0.364. The number of unbranched alkanes of at least 4 members (excludes halogenated alkanes) is 2. The van der Waals surface area contributed by atoms with Crippen molar-refractivity contribution in [2.45, 2.75) is 19.3 Å². The summed E-state index contributed by atoms with van der Waals surface area (Å²) >= 11 is 0. The number of nitrogens with zero attached hydrogens (tertiary/aromatic N) is 1. The molecule has 0 saturated heterocycles. The number of allylic oxidation sites excluding steroid dienone is 1. The van der Waals surface area contributed by atoms with Gasteiger partial charge >= 0.3 is 0 Å². The highest BCUT2D eigenvalue weighted by atomic mass is 16.2. The average molecular weight is 198 g/mol. The number of amides is 1. The Bertz CT molecular complexity index is 202. The minimum atomic E-state index is -0.134. The van der Waals surface area contributed by atoms with E-state index in [-0.39, 0.29) is 5.91 Å². The Kier molecular flexibility index (Phi) is 7.74. The fourth-order valence-electron chi connectivity index (χ4n) is 1.03. The van der Waals surface area contributed by atoms with E-state index in [4.69, 9.17) is 5.73 Å². The summed E-state index contributed by atoms with van der Waals surface area (Å²) in [6, 6.07) is 0. The van der Waals surface area contributed by atoms with Crippen molar-refractivity contribution >= 4 is 12.2 Å². The summed E-state index contributed by atoms with van der Waals surface area (Å²) in [6.45, 7) is 1.41. The normalized spacial score (nSPS) is 10.4. The molecule has 0 aromatic heterocycles. The smallest absolute Gasteiger partial charge is 0.246 e. The van der Waals surface area contributed by atoms with Crippen LogP contribution in [0.3, 0.4) is 0 Å². The van der Waals surface area contributed by atoms with Crippen LogP contribution in [-0.4, -0.2) is 37.2 Å². The van der Waals surface area contributed by atoms with Crippen LogP contribution in [0.1, 0.15) is 19.3 Å². The first-order valence-electron chi connectivity index (χ1n) is 4.79. The molecule has 0 aliphatic heterocycles. The molecule has 0 rings (SSSR count). The highest BCUT2D eigenvalue weighted by Crippen LogP contribution is 1.96. The number of aldehydes is 1. The van der Waals surface area contributed by atoms with Gasteiger partial charge in [-0.05, 0) is 25.5 Å². The molecule has 0 unspecified atom stereocenters. The Morgan fingerprint density at radius 2 is 2.07 bits per heavy atom. The average Bonchev–Trinajstić information content (AvgIpc) is 2.20. The van der Waals surface area contributed by atoms with Gasteiger partial charge in [0.25, 0.3) is 0 Å². The van der Waals surface area contributed by atoms with Crippen LogP contribution in [-0.2, 0) is 9.59 Å². The lowest BCUT2D eigenvalue weighted by Crippen LogP contribution is -2.25. The van der Waals surface area contributed by atoms with Gasteiger partial charge in [0.15, 0.2) is 0 Å². The third kappa shape index (κ3) is 6.37. The van der Waals surface area contributed by atoms with Gasteiger partial charge in [-0.1, -0.05) is 6.42 Å². The molecular weight excluding hydrogens is 180 g/mol. The molecule has 0 radical (unpaired) electrons.